The van der Waals surface area contributed by atoms with Crippen molar-refractivity contribution in [3.63, 3.8) is 0 Å². The Kier molecular flexibility index (Phi) is 4.39. The summed E-state index contributed by atoms with van der Waals surface area (Å²) in [6.45, 7) is 6.65. The maximum absolute atomic E-state index is 4.08. The molecule has 1 unspecified atom stereocenters. The zero-order chi connectivity index (χ0) is 9.68. The lowest BCUT2D eigenvalue weighted by molar-refractivity contribution is 0.435. The topological polar surface area (TPSA) is 24.9 Å². The van der Waals surface area contributed by atoms with Gasteiger partial charge in [0.05, 0.1) is 5.51 Å². The van der Waals surface area contributed by atoms with E-state index in [9.17, 15) is 0 Å². The first kappa shape index (κ1) is 10.7. The van der Waals surface area contributed by atoms with Crippen LogP contribution in [-0.4, -0.2) is 11.0 Å². The van der Waals surface area contributed by atoms with E-state index in [0.29, 0.717) is 12.1 Å². The second-order valence-electron chi connectivity index (χ2n) is 3.31. The average molecular weight is 198 g/mol. The fraction of sp³-hybridized carbons (Fsp3) is 0.700. The normalized spacial score (nSPS) is 13.5. The van der Waals surface area contributed by atoms with Gasteiger partial charge in [0.15, 0.2) is 0 Å². The molecule has 1 aromatic rings. The molecule has 1 N–H and O–H groups in total. The average Bonchev–Trinajstić information content (AvgIpc) is 2.66. The Balaban J connectivity index is 2.45. The predicted molar refractivity (Wildman–Crippen MR) is 58.0 cm³/mol. The summed E-state index contributed by atoms with van der Waals surface area (Å²) in [5, 5.41) is 3.59. The maximum Gasteiger partial charge on any atom is 0.0794 e. The lowest BCUT2D eigenvalue weighted by atomic mass is 10.1. The van der Waals surface area contributed by atoms with Crippen molar-refractivity contribution in [3.05, 3.63) is 16.6 Å². The van der Waals surface area contributed by atoms with E-state index in [4.69, 9.17) is 0 Å². The summed E-state index contributed by atoms with van der Waals surface area (Å²) in [5.74, 6) is 0. The summed E-state index contributed by atoms with van der Waals surface area (Å²) in [4.78, 5) is 5.41. The highest BCUT2D eigenvalue weighted by Crippen LogP contribution is 2.17. The minimum Gasteiger partial charge on any atom is -0.307 e. The van der Waals surface area contributed by atoms with Crippen molar-refractivity contribution < 1.29 is 0 Å². The molecule has 1 aromatic heterocycles. The molecule has 0 spiro atoms. The summed E-state index contributed by atoms with van der Waals surface area (Å²) < 4.78 is 0. The summed E-state index contributed by atoms with van der Waals surface area (Å²) in [6, 6.07) is 1.08. The van der Waals surface area contributed by atoms with Gasteiger partial charge in [0.1, 0.15) is 0 Å². The van der Waals surface area contributed by atoms with Gasteiger partial charge < -0.3 is 5.32 Å². The molecule has 1 atom stereocenters. The zero-order valence-corrected chi connectivity index (χ0v) is 9.40. The molecule has 0 aliphatic rings. The molecule has 0 fully saturated rings. The van der Waals surface area contributed by atoms with Crippen molar-refractivity contribution in [2.24, 2.45) is 0 Å². The highest BCUT2D eigenvalue weighted by atomic mass is 32.1. The second-order valence-corrected chi connectivity index (χ2v) is 4.22. The van der Waals surface area contributed by atoms with Gasteiger partial charge in [0.2, 0.25) is 0 Å². The minimum absolute atomic E-state index is 0.442. The first-order valence-corrected chi connectivity index (χ1v) is 5.80. The van der Waals surface area contributed by atoms with Crippen LogP contribution in [0, 0.1) is 0 Å². The van der Waals surface area contributed by atoms with Crippen molar-refractivity contribution in [3.8, 4) is 0 Å². The SMILES string of the molecule is CCC(CC)NC(C)c1cncs1. The van der Waals surface area contributed by atoms with Gasteiger partial charge in [-0.3, -0.25) is 4.98 Å². The lowest BCUT2D eigenvalue weighted by Crippen LogP contribution is -2.29. The van der Waals surface area contributed by atoms with Crippen LogP contribution in [0.1, 0.15) is 44.5 Å². The number of hydrogen-bond acceptors (Lipinski definition) is 3. The van der Waals surface area contributed by atoms with Crippen molar-refractivity contribution in [1.82, 2.24) is 10.3 Å². The number of thiazole rings is 1. The van der Waals surface area contributed by atoms with Crippen LogP contribution in [-0.2, 0) is 0 Å². The van der Waals surface area contributed by atoms with Gasteiger partial charge >= 0.3 is 0 Å². The maximum atomic E-state index is 4.08. The molecule has 3 heteroatoms. The largest absolute Gasteiger partial charge is 0.307 e. The van der Waals surface area contributed by atoms with Crippen molar-refractivity contribution in [2.45, 2.75) is 45.7 Å². The Bertz CT molecular complexity index is 217. The summed E-state index contributed by atoms with van der Waals surface area (Å²) in [5.41, 5.74) is 1.89. The number of rotatable bonds is 5. The van der Waals surface area contributed by atoms with Crippen LogP contribution >= 0.6 is 11.3 Å². The molecule has 2 nitrogen and oxygen atoms in total. The highest BCUT2D eigenvalue weighted by Gasteiger charge is 2.10. The van der Waals surface area contributed by atoms with Crippen LogP contribution in [0.5, 0.6) is 0 Å². The van der Waals surface area contributed by atoms with Gasteiger partial charge in [-0.2, -0.15) is 0 Å². The van der Waals surface area contributed by atoms with Crippen molar-refractivity contribution >= 4 is 11.3 Å². The highest BCUT2D eigenvalue weighted by molar-refractivity contribution is 7.09. The van der Waals surface area contributed by atoms with Gasteiger partial charge in [-0.05, 0) is 19.8 Å². The van der Waals surface area contributed by atoms with E-state index >= 15 is 0 Å². The van der Waals surface area contributed by atoms with Crippen molar-refractivity contribution in [2.75, 3.05) is 0 Å². The van der Waals surface area contributed by atoms with Crippen LogP contribution in [0.25, 0.3) is 0 Å². The van der Waals surface area contributed by atoms with Crippen LogP contribution in [0.3, 0.4) is 0 Å². The molecule has 1 rings (SSSR count). The molecule has 0 radical (unpaired) electrons. The fourth-order valence-electron chi connectivity index (χ4n) is 1.40. The van der Waals surface area contributed by atoms with Crippen LogP contribution < -0.4 is 5.32 Å². The van der Waals surface area contributed by atoms with Crippen LogP contribution in [0.15, 0.2) is 11.7 Å². The quantitative estimate of drug-likeness (QED) is 0.786. The fourth-order valence-corrected chi connectivity index (χ4v) is 2.04. The minimum atomic E-state index is 0.442. The second kappa shape index (κ2) is 5.35. The van der Waals surface area contributed by atoms with Crippen LogP contribution in [0.4, 0.5) is 0 Å². The molecule has 13 heavy (non-hydrogen) atoms. The third-order valence-corrected chi connectivity index (χ3v) is 3.31. The molecule has 0 aliphatic heterocycles. The summed E-state index contributed by atoms with van der Waals surface area (Å²) >= 11 is 1.72. The van der Waals surface area contributed by atoms with E-state index in [1.807, 2.05) is 11.7 Å². The first-order valence-electron chi connectivity index (χ1n) is 4.92. The van der Waals surface area contributed by atoms with E-state index in [1.165, 1.54) is 17.7 Å². The number of hydrogen-bond donors (Lipinski definition) is 1. The number of nitrogens with one attached hydrogen (secondary N) is 1. The predicted octanol–water partition coefficient (Wildman–Crippen LogP) is 2.98. The molecule has 0 saturated carbocycles. The lowest BCUT2D eigenvalue weighted by Gasteiger charge is -2.19. The van der Waals surface area contributed by atoms with E-state index in [2.05, 4.69) is 31.1 Å². The number of aromatic nitrogens is 1. The van der Waals surface area contributed by atoms with E-state index < -0.39 is 0 Å². The Morgan fingerprint density at radius 2 is 2.15 bits per heavy atom. The Morgan fingerprint density at radius 3 is 2.62 bits per heavy atom. The monoisotopic (exact) mass is 198 g/mol. The molecule has 0 bridgehead atoms. The molecule has 0 aliphatic carbocycles. The van der Waals surface area contributed by atoms with E-state index in [0.717, 1.165) is 0 Å². The van der Waals surface area contributed by atoms with Crippen molar-refractivity contribution in [1.29, 1.82) is 0 Å². The smallest absolute Gasteiger partial charge is 0.0794 e. The Hall–Kier alpha value is -0.410. The molecule has 0 aromatic carbocycles. The zero-order valence-electron chi connectivity index (χ0n) is 8.58. The van der Waals surface area contributed by atoms with E-state index in [1.54, 1.807) is 11.3 Å². The standard InChI is InChI=1S/C10H18N2S/c1-4-9(5-2)12-8(3)10-6-11-7-13-10/h6-9,12H,4-5H2,1-3H3. The molecular formula is C10H18N2S. The van der Waals surface area contributed by atoms with Gasteiger partial charge in [-0.25, -0.2) is 0 Å². The third kappa shape index (κ3) is 3.08. The van der Waals surface area contributed by atoms with Crippen LogP contribution in [0.2, 0.25) is 0 Å². The van der Waals surface area contributed by atoms with Gasteiger partial charge in [-0.15, -0.1) is 11.3 Å². The number of nitrogens with zero attached hydrogens (tertiary/aromatic N) is 1. The Morgan fingerprint density at radius 1 is 1.46 bits per heavy atom. The molecule has 74 valence electrons. The third-order valence-electron chi connectivity index (χ3n) is 2.35. The molecule has 0 amide bonds. The van der Waals surface area contributed by atoms with E-state index in [-0.39, 0.29) is 0 Å². The van der Waals surface area contributed by atoms with Gasteiger partial charge in [0, 0.05) is 23.2 Å². The molecule has 0 saturated heterocycles. The summed E-state index contributed by atoms with van der Waals surface area (Å²) in [6.07, 6.45) is 4.34. The molecule has 1 heterocycles. The Labute approximate surface area is 84.4 Å². The van der Waals surface area contributed by atoms with Gasteiger partial charge in [-0.1, -0.05) is 13.8 Å². The summed E-state index contributed by atoms with van der Waals surface area (Å²) in [7, 11) is 0. The van der Waals surface area contributed by atoms with Gasteiger partial charge in [0.25, 0.3) is 0 Å². The molecular weight excluding hydrogens is 180 g/mol. The first-order chi connectivity index (χ1) is 6.27.